The first kappa shape index (κ1) is 27.8. The molecule has 7 heteroatoms. The highest BCUT2D eigenvalue weighted by molar-refractivity contribution is 8.04. The molecule has 0 spiro atoms. The number of hydrogen-bond acceptors (Lipinski definition) is 3. The van der Waals surface area contributed by atoms with Crippen molar-refractivity contribution in [1.82, 2.24) is 0 Å². The highest BCUT2D eigenvalue weighted by atomic mass is 32.3. The standard InChI is InChI=1S/C30H39NO3S2Si/c1-24-20-22-28(23-21-24)36(33,34)31-35(32,27-18-12-7-13-19-27)30(37(2,3)4)29(25-14-8-5-9-15-25)26-16-10-6-11-17-26/h5,7-9,12-15,18-23,26,29-30H,6,10-11,16-17H2,1-4H3. The molecule has 0 aromatic heterocycles. The molecule has 198 valence electrons. The molecule has 4 rings (SSSR count). The van der Waals surface area contributed by atoms with Crippen LogP contribution in [0.4, 0.5) is 0 Å². The molecule has 4 nitrogen and oxygen atoms in total. The number of aryl methyl sites for hydroxylation is 1. The van der Waals surface area contributed by atoms with Crippen LogP contribution in [-0.2, 0) is 19.8 Å². The topological polar surface area (TPSA) is 63.6 Å². The van der Waals surface area contributed by atoms with E-state index < -0.39 is 27.8 Å². The predicted octanol–water partition coefficient (Wildman–Crippen LogP) is 7.82. The van der Waals surface area contributed by atoms with Crippen molar-refractivity contribution in [2.75, 3.05) is 0 Å². The highest BCUT2D eigenvalue weighted by Crippen LogP contribution is 2.46. The van der Waals surface area contributed by atoms with Crippen LogP contribution in [0.5, 0.6) is 0 Å². The molecule has 1 saturated carbocycles. The molecule has 0 aliphatic heterocycles. The number of nitrogens with zero attached hydrogens (tertiary/aromatic N) is 1. The van der Waals surface area contributed by atoms with E-state index in [9.17, 15) is 8.42 Å². The van der Waals surface area contributed by atoms with E-state index in [2.05, 4.69) is 35.5 Å². The van der Waals surface area contributed by atoms with Gasteiger partial charge in [-0.1, -0.05) is 105 Å². The minimum atomic E-state index is -4.16. The summed E-state index contributed by atoms with van der Waals surface area (Å²) in [5, 5.41) is 0. The molecule has 3 unspecified atom stereocenters. The third-order valence-electron chi connectivity index (χ3n) is 7.47. The number of rotatable bonds is 8. The summed E-state index contributed by atoms with van der Waals surface area (Å²) in [7, 11) is -9.82. The Kier molecular flexibility index (Phi) is 8.46. The van der Waals surface area contributed by atoms with Crippen LogP contribution in [0.3, 0.4) is 0 Å². The fraction of sp³-hybridized carbons (Fsp3) is 0.400. The Morgan fingerprint density at radius 1 is 0.730 bits per heavy atom. The maximum Gasteiger partial charge on any atom is 0.290 e. The summed E-state index contributed by atoms with van der Waals surface area (Å²) < 4.78 is 47.5. The minimum Gasteiger partial charge on any atom is -0.244 e. The molecule has 0 N–H and O–H groups in total. The Morgan fingerprint density at radius 3 is 1.81 bits per heavy atom. The van der Waals surface area contributed by atoms with Crippen LogP contribution in [-0.4, -0.2) is 25.6 Å². The molecule has 0 saturated heterocycles. The van der Waals surface area contributed by atoms with Gasteiger partial charge in [-0.15, -0.1) is 3.77 Å². The minimum absolute atomic E-state index is 0.0298. The fourth-order valence-corrected chi connectivity index (χ4v) is 16.3. The molecule has 3 aromatic rings. The highest BCUT2D eigenvalue weighted by Gasteiger charge is 2.47. The fourth-order valence-electron chi connectivity index (χ4n) is 5.83. The van der Waals surface area contributed by atoms with Crippen molar-refractivity contribution in [1.29, 1.82) is 0 Å². The van der Waals surface area contributed by atoms with Gasteiger partial charge in [-0.2, -0.15) is 8.42 Å². The second-order valence-electron chi connectivity index (χ2n) is 11.4. The molecule has 3 atom stereocenters. The van der Waals surface area contributed by atoms with Crippen molar-refractivity contribution in [2.24, 2.45) is 9.69 Å². The summed E-state index contributed by atoms with van der Waals surface area (Å²) in [5.74, 6) is 0.313. The lowest BCUT2D eigenvalue weighted by Gasteiger charge is -2.43. The van der Waals surface area contributed by atoms with Gasteiger partial charge in [0.2, 0.25) is 0 Å². The molecule has 0 amide bonds. The normalized spacial score (nSPS) is 18.5. The molecule has 1 fully saturated rings. The van der Waals surface area contributed by atoms with E-state index in [-0.39, 0.29) is 15.7 Å². The monoisotopic (exact) mass is 553 g/mol. The lowest BCUT2D eigenvalue weighted by Crippen LogP contribution is -2.50. The lowest BCUT2D eigenvalue weighted by molar-refractivity contribution is 0.309. The second kappa shape index (κ2) is 11.3. The van der Waals surface area contributed by atoms with Gasteiger partial charge in [0, 0.05) is 9.77 Å². The first-order valence-electron chi connectivity index (χ1n) is 13.2. The SMILES string of the molecule is Cc1ccc(S(=O)(=O)N=S(=O)(c2ccccc2)C(C(c2ccccc2)C2CCCCC2)[Si](C)(C)C)cc1. The Balaban J connectivity index is 2.02. The number of benzene rings is 3. The predicted molar refractivity (Wildman–Crippen MR) is 157 cm³/mol. The van der Waals surface area contributed by atoms with Crippen molar-refractivity contribution in [2.45, 2.75) is 79.3 Å². The Hall–Kier alpha value is -2.22. The second-order valence-corrected chi connectivity index (χ2v) is 21.3. The zero-order chi connectivity index (χ0) is 26.7. The van der Waals surface area contributed by atoms with Crippen LogP contribution in [0.2, 0.25) is 19.6 Å². The quantitative estimate of drug-likeness (QED) is 0.267. The summed E-state index contributed by atoms with van der Waals surface area (Å²) in [6, 6.07) is 26.1. The summed E-state index contributed by atoms with van der Waals surface area (Å²) in [4.78, 5) is 0.216. The Morgan fingerprint density at radius 2 is 1.27 bits per heavy atom. The van der Waals surface area contributed by atoms with Gasteiger partial charge in [0.25, 0.3) is 10.0 Å². The van der Waals surface area contributed by atoms with Gasteiger partial charge >= 0.3 is 0 Å². The molecule has 0 radical (unpaired) electrons. The van der Waals surface area contributed by atoms with Gasteiger partial charge in [0.1, 0.15) is 0 Å². The van der Waals surface area contributed by atoms with Crippen molar-refractivity contribution in [3.63, 3.8) is 0 Å². The van der Waals surface area contributed by atoms with Crippen LogP contribution in [0.25, 0.3) is 0 Å². The summed E-state index contributed by atoms with van der Waals surface area (Å²) >= 11 is 0. The summed E-state index contributed by atoms with van der Waals surface area (Å²) in [6.07, 6.45) is 5.65. The van der Waals surface area contributed by atoms with E-state index in [1.54, 1.807) is 36.4 Å². The van der Waals surface area contributed by atoms with Crippen molar-refractivity contribution < 1.29 is 12.6 Å². The maximum atomic E-state index is 15.5. The summed E-state index contributed by atoms with van der Waals surface area (Å²) in [5.41, 5.74) is 2.11. The van der Waals surface area contributed by atoms with Gasteiger partial charge < -0.3 is 0 Å². The summed E-state index contributed by atoms with van der Waals surface area (Å²) in [6.45, 7) is 8.56. The van der Waals surface area contributed by atoms with Gasteiger partial charge in [-0.05, 0) is 61.4 Å². The first-order chi connectivity index (χ1) is 17.5. The zero-order valence-corrected chi connectivity index (χ0v) is 25.0. The third-order valence-corrected chi connectivity index (χ3v) is 17.1. The van der Waals surface area contributed by atoms with E-state index in [0.717, 1.165) is 36.8 Å². The van der Waals surface area contributed by atoms with E-state index >= 15 is 4.21 Å². The Bertz CT molecular complexity index is 1400. The van der Waals surface area contributed by atoms with Gasteiger partial charge in [0.05, 0.1) is 22.7 Å². The largest absolute Gasteiger partial charge is 0.290 e. The third kappa shape index (κ3) is 6.27. The van der Waals surface area contributed by atoms with Crippen molar-refractivity contribution >= 4 is 27.8 Å². The van der Waals surface area contributed by atoms with Crippen LogP contribution in [0.15, 0.2) is 98.5 Å². The number of hydrogen-bond donors (Lipinski definition) is 0. The molecular weight excluding hydrogens is 515 g/mol. The van der Waals surface area contributed by atoms with E-state index in [0.29, 0.717) is 10.8 Å². The molecule has 0 bridgehead atoms. The van der Waals surface area contributed by atoms with Crippen LogP contribution < -0.4 is 0 Å². The van der Waals surface area contributed by atoms with Crippen LogP contribution in [0.1, 0.15) is 49.1 Å². The molecule has 1 aliphatic carbocycles. The van der Waals surface area contributed by atoms with Crippen LogP contribution in [0, 0.1) is 12.8 Å². The van der Waals surface area contributed by atoms with E-state index in [1.807, 2.05) is 43.3 Å². The lowest BCUT2D eigenvalue weighted by atomic mass is 9.77. The Labute approximate surface area is 224 Å². The number of sulfonamides is 1. The van der Waals surface area contributed by atoms with Crippen molar-refractivity contribution in [3.8, 4) is 0 Å². The van der Waals surface area contributed by atoms with E-state index in [4.69, 9.17) is 0 Å². The van der Waals surface area contributed by atoms with Gasteiger partial charge in [-0.25, -0.2) is 4.21 Å². The van der Waals surface area contributed by atoms with Crippen LogP contribution >= 0.6 is 0 Å². The van der Waals surface area contributed by atoms with E-state index in [1.165, 1.54) is 6.42 Å². The van der Waals surface area contributed by atoms with Crippen molar-refractivity contribution in [3.05, 3.63) is 96.1 Å². The molecule has 3 aromatic carbocycles. The van der Waals surface area contributed by atoms with Gasteiger partial charge in [-0.3, -0.25) is 0 Å². The first-order valence-corrected chi connectivity index (χ1v) is 19.8. The van der Waals surface area contributed by atoms with Gasteiger partial charge in [0.15, 0.2) is 0 Å². The molecule has 37 heavy (non-hydrogen) atoms. The molecule has 0 heterocycles. The zero-order valence-electron chi connectivity index (χ0n) is 22.3. The molecule has 1 aliphatic rings. The molecular formula is C30H39NO3S2Si. The average Bonchev–Trinajstić information content (AvgIpc) is 2.88. The average molecular weight is 554 g/mol. The smallest absolute Gasteiger partial charge is 0.244 e. The maximum absolute atomic E-state index is 15.5.